The SMILES string of the molecule is CC1(C)CC1c1nc(Cl)c(I)c(-c2ccccc2)n1. The second kappa shape index (κ2) is 4.70. The number of halogens is 2. The second-order valence-corrected chi connectivity index (χ2v) is 7.08. The predicted molar refractivity (Wildman–Crippen MR) is 86.3 cm³/mol. The van der Waals surface area contributed by atoms with Gasteiger partial charge in [0.1, 0.15) is 11.0 Å². The van der Waals surface area contributed by atoms with Crippen molar-refractivity contribution in [3.05, 3.63) is 44.9 Å². The van der Waals surface area contributed by atoms with Crippen LogP contribution in [0.15, 0.2) is 30.3 Å². The van der Waals surface area contributed by atoms with Crippen molar-refractivity contribution in [3.8, 4) is 11.3 Å². The van der Waals surface area contributed by atoms with Gasteiger partial charge < -0.3 is 0 Å². The first kappa shape index (κ1) is 13.3. The van der Waals surface area contributed by atoms with E-state index in [-0.39, 0.29) is 0 Å². The summed E-state index contributed by atoms with van der Waals surface area (Å²) in [4.78, 5) is 9.22. The molecule has 1 unspecified atom stereocenters. The molecule has 1 aromatic carbocycles. The molecule has 0 N–H and O–H groups in total. The van der Waals surface area contributed by atoms with Gasteiger partial charge in [-0.1, -0.05) is 55.8 Å². The topological polar surface area (TPSA) is 25.8 Å². The lowest BCUT2D eigenvalue weighted by atomic mass is 10.1. The molecule has 2 aromatic rings. The smallest absolute Gasteiger partial charge is 0.146 e. The molecule has 0 aliphatic heterocycles. The van der Waals surface area contributed by atoms with Crippen LogP contribution in [-0.4, -0.2) is 9.97 Å². The Hall–Kier alpha value is -0.680. The van der Waals surface area contributed by atoms with Gasteiger partial charge in [-0.05, 0) is 34.4 Å². The van der Waals surface area contributed by atoms with E-state index in [1.54, 1.807) is 0 Å². The fourth-order valence-corrected chi connectivity index (χ4v) is 3.02. The second-order valence-electron chi connectivity index (χ2n) is 5.65. The van der Waals surface area contributed by atoms with Crippen LogP contribution in [0.2, 0.25) is 5.15 Å². The van der Waals surface area contributed by atoms with E-state index in [4.69, 9.17) is 16.6 Å². The zero-order valence-electron chi connectivity index (χ0n) is 10.8. The summed E-state index contributed by atoms with van der Waals surface area (Å²) in [7, 11) is 0. The maximum Gasteiger partial charge on any atom is 0.146 e. The highest BCUT2D eigenvalue weighted by atomic mass is 127. The van der Waals surface area contributed by atoms with E-state index >= 15 is 0 Å². The number of nitrogens with zero attached hydrogens (tertiary/aromatic N) is 2. The van der Waals surface area contributed by atoms with Crippen molar-refractivity contribution in [2.24, 2.45) is 5.41 Å². The number of aromatic nitrogens is 2. The van der Waals surface area contributed by atoms with Gasteiger partial charge in [0, 0.05) is 11.5 Å². The molecule has 1 atom stereocenters. The van der Waals surface area contributed by atoms with Crippen molar-refractivity contribution in [2.75, 3.05) is 0 Å². The van der Waals surface area contributed by atoms with Crippen LogP contribution < -0.4 is 0 Å². The van der Waals surface area contributed by atoms with Crippen LogP contribution in [0.1, 0.15) is 32.0 Å². The van der Waals surface area contributed by atoms with Crippen LogP contribution in [0.5, 0.6) is 0 Å². The van der Waals surface area contributed by atoms with Crippen molar-refractivity contribution < 1.29 is 0 Å². The van der Waals surface area contributed by atoms with Gasteiger partial charge >= 0.3 is 0 Å². The van der Waals surface area contributed by atoms with E-state index in [1.807, 2.05) is 18.2 Å². The van der Waals surface area contributed by atoms with Gasteiger partial charge in [0.25, 0.3) is 0 Å². The molecule has 19 heavy (non-hydrogen) atoms. The summed E-state index contributed by atoms with van der Waals surface area (Å²) >= 11 is 8.50. The van der Waals surface area contributed by atoms with Crippen LogP contribution in [0.4, 0.5) is 0 Å². The monoisotopic (exact) mass is 384 g/mol. The number of hydrogen-bond donors (Lipinski definition) is 0. The van der Waals surface area contributed by atoms with Crippen molar-refractivity contribution in [3.63, 3.8) is 0 Å². The molecule has 4 heteroatoms. The molecule has 2 nitrogen and oxygen atoms in total. The van der Waals surface area contributed by atoms with E-state index in [1.165, 1.54) is 0 Å². The van der Waals surface area contributed by atoms with Crippen LogP contribution in [-0.2, 0) is 0 Å². The third-order valence-electron chi connectivity index (χ3n) is 3.70. The normalized spacial score (nSPS) is 20.3. The van der Waals surface area contributed by atoms with Crippen LogP contribution >= 0.6 is 34.2 Å². The highest BCUT2D eigenvalue weighted by Crippen LogP contribution is 2.57. The van der Waals surface area contributed by atoms with Crippen LogP contribution in [0.25, 0.3) is 11.3 Å². The molecule has 1 heterocycles. The molecule has 0 spiro atoms. The Bertz CT molecular complexity index is 626. The number of rotatable bonds is 2. The Balaban J connectivity index is 2.10. The summed E-state index contributed by atoms with van der Waals surface area (Å²) in [6, 6.07) is 10.2. The van der Waals surface area contributed by atoms with Gasteiger partial charge in [-0.3, -0.25) is 0 Å². The molecular weight excluding hydrogens is 371 g/mol. The van der Waals surface area contributed by atoms with Gasteiger partial charge in [0.2, 0.25) is 0 Å². The van der Waals surface area contributed by atoms with Gasteiger partial charge in [-0.25, -0.2) is 9.97 Å². The molecule has 0 amide bonds. The average Bonchev–Trinajstić information content (AvgIpc) is 3.03. The van der Waals surface area contributed by atoms with Gasteiger partial charge in [-0.15, -0.1) is 0 Å². The van der Waals surface area contributed by atoms with E-state index in [2.05, 4.69) is 53.6 Å². The first-order valence-corrected chi connectivity index (χ1v) is 7.73. The highest BCUT2D eigenvalue weighted by Gasteiger charge is 2.48. The van der Waals surface area contributed by atoms with E-state index in [9.17, 15) is 0 Å². The molecule has 1 saturated carbocycles. The zero-order valence-corrected chi connectivity index (χ0v) is 13.7. The minimum absolute atomic E-state index is 0.310. The lowest BCUT2D eigenvalue weighted by Gasteiger charge is -2.09. The van der Waals surface area contributed by atoms with Crippen molar-refractivity contribution in [1.82, 2.24) is 9.97 Å². The standard InChI is InChI=1S/C15H14ClIN2/c1-15(2)8-10(15)14-18-12(11(17)13(16)19-14)9-6-4-3-5-7-9/h3-7,10H,8H2,1-2H3. The van der Waals surface area contributed by atoms with Crippen molar-refractivity contribution in [2.45, 2.75) is 26.2 Å². The van der Waals surface area contributed by atoms with E-state index in [0.29, 0.717) is 16.5 Å². The maximum absolute atomic E-state index is 6.28. The first-order valence-electron chi connectivity index (χ1n) is 6.27. The molecular formula is C15H14ClIN2. The third-order valence-corrected chi connectivity index (χ3v) is 5.31. The number of benzene rings is 1. The minimum Gasteiger partial charge on any atom is -0.231 e. The summed E-state index contributed by atoms with van der Waals surface area (Å²) in [6.07, 6.45) is 1.14. The highest BCUT2D eigenvalue weighted by molar-refractivity contribution is 14.1. The van der Waals surface area contributed by atoms with Gasteiger partial charge in [0.15, 0.2) is 0 Å². The van der Waals surface area contributed by atoms with Crippen molar-refractivity contribution in [1.29, 1.82) is 0 Å². The van der Waals surface area contributed by atoms with E-state index in [0.717, 1.165) is 27.1 Å². The summed E-state index contributed by atoms with van der Waals surface area (Å²) in [5.41, 5.74) is 2.35. The molecule has 0 bridgehead atoms. The quantitative estimate of drug-likeness (QED) is 0.543. The molecule has 1 aliphatic rings. The van der Waals surface area contributed by atoms with Crippen LogP contribution in [0, 0.1) is 8.99 Å². The lowest BCUT2D eigenvalue weighted by molar-refractivity contribution is 0.608. The predicted octanol–water partition coefficient (Wildman–Crippen LogP) is 4.92. The fourth-order valence-electron chi connectivity index (χ4n) is 2.29. The largest absolute Gasteiger partial charge is 0.231 e. The molecule has 98 valence electrons. The molecule has 1 aliphatic carbocycles. The van der Waals surface area contributed by atoms with Crippen LogP contribution in [0.3, 0.4) is 0 Å². The fraction of sp³-hybridized carbons (Fsp3) is 0.333. The van der Waals surface area contributed by atoms with E-state index < -0.39 is 0 Å². The average molecular weight is 385 g/mol. The Morgan fingerprint density at radius 1 is 1.21 bits per heavy atom. The molecule has 1 fully saturated rings. The Labute approximate surface area is 131 Å². The summed E-state index contributed by atoms with van der Waals surface area (Å²) in [5, 5.41) is 0.562. The maximum atomic E-state index is 6.28. The Morgan fingerprint density at radius 3 is 2.42 bits per heavy atom. The minimum atomic E-state index is 0.310. The summed E-state index contributed by atoms with van der Waals surface area (Å²) < 4.78 is 0.924. The lowest BCUT2D eigenvalue weighted by Crippen LogP contribution is -2.02. The zero-order chi connectivity index (χ0) is 13.6. The Morgan fingerprint density at radius 2 is 1.84 bits per heavy atom. The van der Waals surface area contributed by atoms with Crippen molar-refractivity contribution >= 4 is 34.2 Å². The summed E-state index contributed by atoms with van der Waals surface area (Å²) in [5.74, 6) is 1.32. The Kier molecular flexibility index (Phi) is 3.29. The third kappa shape index (κ3) is 2.50. The molecule has 1 aromatic heterocycles. The molecule has 0 saturated heterocycles. The van der Waals surface area contributed by atoms with Gasteiger partial charge in [0.05, 0.1) is 9.26 Å². The first-order chi connectivity index (χ1) is 8.99. The summed E-state index contributed by atoms with van der Waals surface area (Å²) in [6.45, 7) is 4.49. The van der Waals surface area contributed by atoms with Gasteiger partial charge in [-0.2, -0.15) is 0 Å². The molecule has 3 rings (SSSR count). The number of hydrogen-bond acceptors (Lipinski definition) is 2. The molecule has 0 radical (unpaired) electrons.